The minimum absolute atomic E-state index is 0.0189. The van der Waals surface area contributed by atoms with E-state index in [2.05, 4.69) is 24.4 Å². The number of benzene rings is 2. The maximum Gasteiger partial charge on any atom is 0.251 e. The van der Waals surface area contributed by atoms with Gasteiger partial charge in [0, 0.05) is 29.7 Å². The molecule has 2 aromatic carbocycles. The Morgan fingerprint density at radius 1 is 0.958 bits per heavy atom. The molecule has 3 aromatic rings. The van der Waals surface area contributed by atoms with Gasteiger partial charge in [0.05, 0.1) is 0 Å². The number of aryl methyl sites for hydroxylation is 1. The number of hydrogen-bond donors (Lipinski definition) is 1. The van der Waals surface area contributed by atoms with Crippen molar-refractivity contribution in [3.63, 3.8) is 0 Å². The zero-order chi connectivity index (χ0) is 16.8. The minimum Gasteiger partial charge on any atom is -0.350 e. The SMILES string of the molecule is CC(CCc1ccccc1)NC(=O)c1ccc(-n2cccc2)cc1. The normalized spacial score (nSPS) is 11.9. The summed E-state index contributed by atoms with van der Waals surface area (Å²) < 4.78 is 2.02. The fourth-order valence-electron chi connectivity index (χ4n) is 2.70. The molecule has 0 bridgehead atoms. The first-order valence-electron chi connectivity index (χ1n) is 8.30. The lowest BCUT2D eigenvalue weighted by molar-refractivity contribution is 0.0938. The Balaban J connectivity index is 1.54. The number of hydrogen-bond acceptors (Lipinski definition) is 1. The van der Waals surface area contributed by atoms with Crippen LogP contribution in [0.3, 0.4) is 0 Å². The second kappa shape index (κ2) is 7.64. The van der Waals surface area contributed by atoms with Crippen LogP contribution in [-0.4, -0.2) is 16.5 Å². The molecule has 0 aliphatic rings. The van der Waals surface area contributed by atoms with Gasteiger partial charge in [-0.15, -0.1) is 0 Å². The smallest absolute Gasteiger partial charge is 0.251 e. The molecule has 0 fully saturated rings. The van der Waals surface area contributed by atoms with Crippen LogP contribution in [0.5, 0.6) is 0 Å². The number of carbonyl (C=O) groups excluding carboxylic acids is 1. The van der Waals surface area contributed by atoms with Crippen LogP contribution < -0.4 is 5.32 Å². The van der Waals surface area contributed by atoms with Crippen molar-refractivity contribution < 1.29 is 4.79 Å². The average Bonchev–Trinajstić information content (AvgIpc) is 3.16. The molecule has 1 unspecified atom stereocenters. The second-order valence-corrected chi connectivity index (χ2v) is 6.04. The van der Waals surface area contributed by atoms with Crippen LogP contribution >= 0.6 is 0 Å². The minimum atomic E-state index is -0.0189. The van der Waals surface area contributed by atoms with Gasteiger partial charge in [-0.1, -0.05) is 30.3 Å². The molecule has 1 heterocycles. The highest BCUT2D eigenvalue weighted by Crippen LogP contribution is 2.11. The van der Waals surface area contributed by atoms with Crippen molar-refractivity contribution >= 4 is 5.91 Å². The van der Waals surface area contributed by atoms with Crippen molar-refractivity contribution in [2.24, 2.45) is 0 Å². The van der Waals surface area contributed by atoms with Crippen molar-refractivity contribution in [1.82, 2.24) is 9.88 Å². The van der Waals surface area contributed by atoms with Crippen LogP contribution in [0.4, 0.5) is 0 Å². The third-order valence-electron chi connectivity index (χ3n) is 4.12. The lowest BCUT2D eigenvalue weighted by Gasteiger charge is -2.14. The molecule has 24 heavy (non-hydrogen) atoms. The van der Waals surface area contributed by atoms with Crippen LogP contribution in [0, 0.1) is 0 Å². The largest absolute Gasteiger partial charge is 0.350 e. The average molecular weight is 318 g/mol. The Labute approximate surface area is 143 Å². The van der Waals surface area contributed by atoms with E-state index in [9.17, 15) is 4.79 Å². The van der Waals surface area contributed by atoms with Crippen molar-refractivity contribution in [2.75, 3.05) is 0 Å². The van der Waals surface area contributed by atoms with E-state index in [1.54, 1.807) is 0 Å². The summed E-state index contributed by atoms with van der Waals surface area (Å²) in [5.41, 5.74) is 3.04. The van der Waals surface area contributed by atoms with Crippen molar-refractivity contribution in [3.8, 4) is 5.69 Å². The van der Waals surface area contributed by atoms with Crippen LogP contribution in [0.2, 0.25) is 0 Å². The Kier molecular flexibility index (Phi) is 5.12. The Morgan fingerprint density at radius 2 is 1.62 bits per heavy atom. The summed E-state index contributed by atoms with van der Waals surface area (Å²) in [6, 6.07) is 22.1. The first-order valence-corrected chi connectivity index (χ1v) is 8.30. The molecule has 1 amide bonds. The van der Waals surface area contributed by atoms with Gasteiger partial charge in [-0.05, 0) is 61.7 Å². The monoisotopic (exact) mass is 318 g/mol. The molecule has 0 aliphatic carbocycles. The fraction of sp³-hybridized carbons (Fsp3) is 0.190. The second-order valence-electron chi connectivity index (χ2n) is 6.04. The van der Waals surface area contributed by atoms with Gasteiger partial charge in [-0.2, -0.15) is 0 Å². The van der Waals surface area contributed by atoms with Crippen molar-refractivity contribution in [1.29, 1.82) is 0 Å². The summed E-state index contributed by atoms with van der Waals surface area (Å²) in [7, 11) is 0. The standard InChI is InChI=1S/C21H22N2O/c1-17(9-10-18-7-3-2-4-8-18)22-21(24)19-11-13-20(14-12-19)23-15-5-6-16-23/h2-8,11-17H,9-10H2,1H3,(H,22,24). The fourth-order valence-corrected chi connectivity index (χ4v) is 2.70. The van der Waals surface area contributed by atoms with Gasteiger partial charge in [0.2, 0.25) is 0 Å². The quantitative estimate of drug-likeness (QED) is 0.725. The molecule has 3 nitrogen and oxygen atoms in total. The van der Waals surface area contributed by atoms with E-state index in [0.29, 0.717) is 5.56 Å². The van der Waals surface area contributed by atoms with Gasteiger partial charge in [-0.25, -0.2) is 0 Å². The number of nitrogens with one attached hydrogen (secondary N) is 1. The van der Waals surface area contributed by atoms with Crippen LogP contribution in [0.1, 0.15) is 29.3 Å². The van der Waals surface area contributed by atoms with Crippen molar-refractivity contribution in [3.05, 3.63) is 90.3 Å². The number of amides is 1. The van der Waals surface area contributed by atoms with Gasteiger partial charge in [0.25, 0.3) is 5.91 Å². The molecule has 1 N–H and O–H groups in total. The van der Waals surface area contributed by atoms with Gasteiger partial charge in [0.1, 0.15) is 0 Å². The van der Waals surface area contributed by atoms with Gasteiger partial charge < -0.3 is 9.88 Å². The molecule has 3 heteroatoms. The Morgan fingerprint density at radius 3 is 2.29 bits per heavy atom. The summed E-state index contributed by atoms with van der Waals surface area (Å²) in [5, 5.41) is 3.07. The van der Waals surface area contributed by atoms with Crippen molar-refractivity contribution in [2.45, 2.75) is 25.8 Å². The zero-order valence-corrected chi connectivity index (χ0v) is 13.9. The maximum absolute atomic E-state index is 12.3. The lowest BCUT2D eigenvalue weighted by atomic mass is 10.1. The molecule has 1 atom stereocenters. The van der Waals surface area contributed by atoms with Crippen LogP contribution in [0.15, 0.2) is 79.1 Å². The third kappa shape index (κ3) is 4.13. The lowest BCUT2D eigenvalue weighted by Crippen LogP contribution is -2.32. The highest BCUT2D eigenvalue weighted by atomic mass is 16.1. The van der Waals surface area contributed by atoms with E-state index in [4.69, 9.17) is 0 Å². The molecule has 3 rings (SSSR count). The van der Waals surface area contributed by atoms with E-state index in [1.807, 2.05) is 71.6 Å². The number of rotatable bonds is 6. The molecule has 0 spiro atoms. The molecule has 1 aromatic heterocycles. The predicted molar refractivity (Wildman–Crippen MR) is 97.5 cm³/mol. The summed E-state index contributed by atoms with van der Waals surface area (Å²) in [4.78, 5) is 12.3. The molecule has 0 saturated carbocycles. The van der Waals surface area contributed by atoms with Crippen LogP contribution in [-0.2, 0) is 6.42 Å². The summed E-state index contributed by atoms with van der Waals surface area (Å²) >= 11 is 0. The Hall–Kier alpha value is -2.81. The molecule has 0 aliphatic heterocycles. The third-order valence-corrected chi connectivity index (χ3v) is 4.12. The highest BCUT2D eigenvalue weighted by Gasteiger charge is 2.10. The first-order chi connectivity index (χ1) is 11.7. The maximum atomic E-state index is 12.3. The zero-order valence-electron chi connectivity index (χ0n) is 13.9. The summed E-state index contributed by atoms with van der Waals surface area (Å²) in [6.07, 6.45) is 5.87. The molecule has 0 saturated heterocycles. The topological polar surface area (TPSA) is 34.0 Å². The first kappa shape index (κ1) is 16.1. The van der Waals surface area contributed by atoms with E-state index >= 15 is 0 Å². The van der Waals surface area contributed by atoms with E-state index in [0.717, 1.165) is 18.5 Å². The van der Waals surface area contributed by atoms with E-state index in [-0.39, 0.29) is 11.9 Å². The van der Waals surface area contributed by atoms with Gasteiger partial charge in [0.15, 0.2) is 0 Å². The number of aromatic nitrogens is 1. The van der Waals surface area contributed by atoms with Gasteiger partial charge >= 0.3 is 0 Å². The molecular weight excluding hydrogens is 296 g/mol. The predicted octanol–water partition coefficient (Wildman–Crippen LogP) is 4.23. The summed E-state index contributed by atoms with van der Waals surface area (Å²) in [6.45, 7) is 2.05. The molecule has 0 radical (unpaired) electrons. The summed E-state index contributed by atoms with van der Waals surface area (Å²) in [5.74, 6) is -0.0189. The van der Waals surface area contributed by atoms with Crippen LogP contribution in [0.25, 0.3) is 5.69 Å². The van der Waals surface area contributed by atoms with E-state index < -0.39 is 0 Å². The number of carbonyl (C=O) groups is 1. The van der Waals surface area contributed by atoms with Gasteiger partial charge in [-0.3, -0.25) is 4.79 Å². The molecule has 122 valence electrons. The Bertz CT molecular complexity index is 761. The highest BCUT2D eigenvalue weighted by molar-refractivity contribution is 5.94. The molecular formula is C21H22N2O. The number of nitrogens with zero attached hydrogens (tertiary/aromatic N) is 1. The van der Waals surface area contributed by atoms with E-state index in [1.165, 1.54) is 5.56 Å².